The van der Waals surface area contributed by atoms with Gasteiger partial charge in [-0.05, 0) is 37.3 Å². The molecule has 29 heavy (non-hydrogen) atoms. The van der Waals surface area contributed by atoms with Gasteiger partial charge in [-0.1, -0.05) is 11.8 Å². The van der Waals surface area contributed by atoms with Crippen molar-refractivity contribution in [1.29, 1.82) is 0 Å². The number of ether oxygens (including phenoxy) is 2. The van der Waals surface area contributed by atoms with E-state index < -0.39 is 5.60 Å². The second kappa shape index (κ2) is 8.62. The number of anilines is 2. The van der Waals surface area contributed by atoms with Gasteiger partial charge >= 0.3 is 0 Å². The lowest BCUT2D eigenvalue weighted by atomic mass is 10.1. The Hall–Kier alpha value is -2.92. The van der Waals surface area contributed by atoms with Crippen LogP contribution in [0.25, 0.3) is 0 Å². The first-order valence-corrected chi connectivity index (χ1v) is 10.2. The van der Waals surface area contributed by atoms with Crippen molar-refractivity contribution in [2.75, 3.05) is 18.5 Å². The van der Waals surface area contributed by atoms with Gasteiger partial charge in [0.2, 0.25) is 0 Å². The summed E-state index contributed by atoms with van der Waals surface area (Å²) in [5, 5.41) is 16.4. The molecule has 0 saturated carbocycles. The Morgan fingerprint density at radius 1 is 1.28 bits per heavy atom. The van der Waals surface area contributed by atoms with Crippen molar-refractivity contribution in [1.82, 2.24) is 9.97 Å². The number of thiazole rings is 1. The van der Waals surface area contributed by atoms with Crippen molar-refractivity contribution in [2.45, 2.75) is 25.0 Å². The molecule has 0 aliphatic carbocycles. The van der Waals surface area contributed by atoms with E-state index in [4.69, 9.17) is 9.47 Å². The highest BCUT2D eigenvalue weighted by atomic mass is 32.1. The van der Waals surface area contributed by atoms with Crippen molar-refractivity contribution in [3.63, 3.8) is 0 Å². The Morgan fingerprint density at radius 2 is 2.14 bits per heavy atom. The summed E-state index contributed by atoms with van der Waals surface area (Å²) < 4.78 is 11.5. The van der Waals surface area contributed by atoms with E-state index in [1.807, 2.05) is 35.7 Å². The van der Waals surface area contributed by atoms with E-state index in [1.165, 1.54) is 11.3 Å². The highest BCUT2D eigenvalue weighted by Gasteiger charge is 2.23. The monoisotopic (exact) mass is 407 g/mol. The van der Waals surface area contributed by atoms with Crippen LogP contribution in [0.2, 0.25) is 0 Å². The maximum Gasteiger partial charge on any atom is 0.174 e. The van der Waals surface area contributed by atoms with E-state index in [0.29, 0.717) is 18.2 Å². The molecule has 2 N–H and O–H groups in total. The summed E-state index contributed by atoms with van der Waals surface area (Å²) in [6, 6.07) is 9.45. The van der Waals surface area contributed by atoms with Gasteiger partial charge in [0.1, 0.15) is 16.9 Å². The fourth-order valence-electron chi connectivity index (χ4n) is 2.90. The molecule has 148 valence electrons. The van der Waals surface area contributed by atoms with Crippen LogP contribution in [-0.4, -0.2) is 34.4 Å². The number of hydrogen-bond donors (Lipinski definition) is 2. The average molecular weight is 407 g/mol. The molecule has 4 rings (SSSR count). The van der Waals surface area contributed by atoms with Crippen molar-refractivity contribution in [2.24, 2.45) is 0 Å². The first kappa shape index (κ1) is 19.4. The maximum absolute atomic E-state index is 10.6. The molecule has 0 amide bonds. The van der Waals surface area contributed by atoms with Gasteiger partial charge in [0.25, 0.3) is 0 Å². The molecule has 0 radical (unpaired) electrons. The third kappa shape index (κ3) is 4.93. The molecule has 3 heterocycles. The molecule has 2 unspecified atom stereocenters. The molecule has 1 fully saturated rings. The summed E-state index contributed by atoms with van der Waals surface area (Å²) in [4.78, 5) is 8.21. The minimum Gasteiger partial charge on any atom is -0.486 e. The number of nitrogens with zero attached hydrogens (tertiary/aromatic N) is 2. The van der Waals surface area contributed by atoms with Gasteiger partial charge in [-0.15, -0.1) is 11.3 Å². The maximum atomic E-state index is 10.6. The van der Waals surface area contributed by atoms with E-state index in [1.54, 1.807) is 25.5 Å². The number of aromatic nitrogens is 2. The molecular formula is C22H21N3O3S. The first-order chi connectivity index (χ1) is 14.1. The Morgan fingerprint density at radius 3 is 2.86 bits per heavy atom. The minimum atomic E-state index is -1.30. The third-order valence-electron chi connectivity index (χ3n) is 4.42. The molecule has 1 aromatic carbocycles. The first-order valence-electron chi connectivity index (χ1n) is 9.31. The summed E-state index contributed by atoms with van der Waals surface area (Å²) >= 11 is 1.38. The molecular weight excluding hydrogens is 386 g/mol. The van der Waals surface area contributed by atoms with E-state index in [-0.39, 0.29) is 6.10 Å². The van der Waals surface area contributed by atoms with E-state index in [2.05, 4.69) is 27.1 Å². The Kier molecular flexibility index (Phi) is 5.76. The zero-order chi connectivity index (χ0) is 20.1. The molecule has 7 heteroatoms. The SMILES string of the molecule is CC(O)(C#Cc1ccc(OC2CCOC2)c(Nc2ccncc2)c1)c1nccs1. The second-order valence-corrected chi connectivity index (χ2v) is 7.73. The van der Waals surface area contributed by atoms with Crippen LogP contribution in [0.1, 0.15) is 23.9 Å². The van der Waals surface area contributed by atoms with Gasteiger partial charge in [0.15, 0.2) is 5.60 Å². The highest BCUT2D eigenvalue weighted by molar-refractivity contribution is 7.09. The van der Waals surface area contributed by atoms with E-state index in [0.717, 1.165) is 29.1 Å². The van der Waals surface area contributed by atoms with E-state index in [9.17, 15) is 5.11 Å². The summed E-state index contributed by atoms with van der Waals surface area (Å²) in [6.45, 7) is 2.95. The molecule has 6 nitrogen and oxygen atoms in total. The molecule has 0 spiro atoms. The van der Waals surface area contributed by atoms with Gasteiger partial charge in [0, 0.05) is 41.6 Å². The summed E-state index contributed by atoms with van der Waals surface area (Å²) in [5.74, 6) is 6.70. The van der Waals surface area contributed by atoms with Crippen LogP contribution < -0.4 is 10.1 Å². The Labute approximate surface area is 173 Å². The Balaban J connectivity index is 1.62. The summed E-state index contributed by atoms with van der Waals surface area (Å²) in [7, 11) is 0. The number of pyridine rings is 1. The molecule has 1 aliphatic rings. The molecule has 3 aromatic rings. The fraction of sp³-hybridized carbons (Fsp3) is 0.273. The molecule has 2 atom stereocenters. The number of rotatable bonds is 5. The molecule has 2 aromatic heterocycles. The topological polar surface area (TPSA) is 76.5 Å². The zero-order valence-corrected chi connectivity index (χ0v) is 16.8. The van der Waals surface area contributed by atoms with Crippen LogP contribution in [0, 0.1) is 11.8 Å². The Bertz CT molecular complexity index is 1000. The molecule has 0 bridgehead atoms. The van der Waals surface area contributed by atoms with Crippen LogP contribution in [0.3, 0.4) is 0 Å². The van der Waals surface area contributed by atoms with Crippen molar-refractivity contribution < 1.29 is 14.6 Å². The lowest BCUT2D eigenvalue weighted by Gasteiger charge is -2.17. The lowest BCUT2D eigenvalue weighted by Crippen LogP contribution is -2.18. The predicted octanol–water partition coefficient (Wildman–Crippen LogP) is 3.71. The predicted molar refractivity (Wildman–Crippen MR) is 112 cm³/mol. The number of aliphatic hydroxyl groups is 1. The standard InChI is InChI=1S/C22H21N3O3S/c1-22(26,21-24-11-13-29-21)8-4-16-2-3-20(28-18-7-12-27-15-18)19(14-16)25-17-5-9-23-10-6-17/h2-3,5-6,9-11,13-14,18,26H,7,12,15H2,1H3,(H,23,25). The summed E-state index contributed by atoms with van der Waals surface area (Å²) in [6.07, 6.45) is 6.01. The van der Waals surface area contributed by atoms with Crippen molar-refractivity contribution in [3.8, 4) is 17.6 Å². The van der Waals surface area contributed by atoms with Crippen molar-refractivity contribution in [3.05, 3.63) is 64.9 Å². The lowest BCUT2D eigenvalue weighted by molar-refractivity contribution is 0.122. The van der Waals surface area contributed by atoms with Crippen LogP contribution in [0.4, 0.5) is 11.4 Å². The highest BCUT2D eigenvalue weighted by Crippen LogP contribution is 2.31. The zero-order valence-electron chi connectivity index (χ0n) is 16.0. The molecule has 1 aliphatic heterocycles. The summed E-state index contributed by atoms with van der Waals surface area (Å²) in [5.41, 5.74) is 1.15. The van der Waals surface area contributed by atoms with E-state index >= 15 is 0 Å². The normalized spacial score (nSPS) is 17.8. The quantitative estimate of drug-likeness (QED) is 0.628. The average Bonchev–Trinajstić information content (AvgIpc) is 3.43. The second-order valence-electron chi connectivity index (χ2n) is 6.83. The fourth-order valence-corrected chi connectivity index (χ4v) is 3.55. The van der Waals surface area contributed by atoms with Gasteiger partial charge < -0.3 is 19.9 Å². The van der Waals surface area contributed by atoms with Crippen LogP contribution in [0.5, 0.6) is 5.75 Å². The van der Waals surface area contributed by atoms with Gasteiger partial charge in [-0.2, -0.15) is 0 Å². The number of benzene rings is 1. The van der Waals surface area contributed by atoms with Gasteiger partial charge in [-0.25, -0.2) is 4.98 Å². The van der Waals surface area contributed by atoms with Crippen molar-refractivity contribution >= 4 is 22.7 Å². The number of nitrogens with one attached hydrogen (secondary N) is 1. The van der Waals surface area contributed by atoms with Crippen LogP contribution in [0.15, 0.2) is 54.3 Å². The largest absolute Gasteiger partial charge is 0.486 e. The van der Waals surface area contributed by atoms with Gasteiger partial charge in [0.05, 0.1) is 18.9 Å². The third-order valence-corrected chi connectivity index (χ3v) is 5.40. The smallest absolute Gasteiger partial charge is 0.174 e. The molecule has 1 saturated heterocycles. The van der Waals surface area contributed by atoms with Gasteiger partial charge in [-0.3, -0.25) is 4.98 Å². The number of hydrogen-bond acceptors (Lipinski definition) is 7. The van der Waals surface area contributed by atoms with Crippen LogP contribution in [-0.2, 0) is 10.3 Å². The minimum absolute atomic E-state index is 0.0376. The van der Waals surface area contributed by atoms with Crippen LogP contribution >= 0.6 is 11.3 Å².